The highest BCUT2D eigenvalue weighted by Crippen LogP contribution is 2.54. The van der Waals surface area contributed by atoms with Crippen LogP contribution in [0.25, 0.3) is 5.76 Å². The van der Waals surface area contributed by atoms with Gasteiger partial charge in [0.15, 0.2) is 11.4 Å². The molecular weight excluding hydrogens is 466 g/mol. The molecule has 0 heterocycles. The maximum atomic E-state index is 13.9. The zero-order valence-electron chi connectivity index (χ0n) is 20.7. The second kappa shape index (κ2) is 8.49. The van der Waals surface area contributed by atoms with Gasteiger partial charge in [0.25, 0.3) is 5.91 Å². The Balaban J connectivity index is 2.01. The molecular formula is C26H31N3O7. The van der Waals surface area contributed by atoms with Crippen LogP contribution in [0.5, 0.6) is 5.75 Å². The van der Waals surface area contributed by atoms with Crippen molar-refractivity contribution in [3.63, 3.8) is 0 Å². The Morgan fingerprint density at radius 1 is 1.22 bits per heavy atom. The number of nitrogens with zero attached hydrogens (tertiary/aromatic N) is 2. The number of allylic oxidation sites excluding steroid dienone is 1. The number of phenolic OH excluding ortho intramolecular Hbond substituents is 1. The lowest BCUT2D eigenvalue weighted by molar-refractivity contribution is -0.153. The first kappa shape index (κ1) is 25.5. The molecule has 10 heteroatoms. The van der Waals surface area contributed by atoms with Gasteiger partial charge < -0.3 is 31.1 Å². The van der Waals surface area contributed by atoms with Crippen molar-refractivity contribution in [1.82, 2.24) is 4.90 Å². The van der Waals surface area contributed by atoms with Gasteiger partial charge in [0, 0.05) is 36.8 Å². The van der Waals surface area contributed by atoms with Gasteiger partial charge in [-0.15, -0.1) is 6.58 Å². The molecule has 0 unspecified atom stereocenters. The number of Topliss-reactive ketones (excluding diaryl/α,β-unsaturated/α-hetero) is 2. The van der Waals surface area contributed by atoms with Crippen molar-refractivity contribution in [1.29, 1.82) is 0 Å². The van der Waals surface area contributed by atoms with E-state index in [4.69, 9.17) is 5.73 Å². The van der Waals surface area contributed by atoms with Gasteiger partial charge in [0.05, 0.1) is 11.6 Å². The summed E-state index contributed by atoms with van der Waals surface area (Å²) in [6.45, 7) is 3.70. The van der Waals surface area contributed by atoms with Gasteiger partial charge in [-0.3, -0.25) is 19.3 Å². The average Bonchev–Trinajstić information content (AvgIpc) is 2.77. The molecule has 1 aromatic carbocycles. The topological polar surface area (TPSA) is 165 Å². The number of aliphatic hydroxyl groups is 3. The molecule has 6 N–H and O–H groups in total. The van der Waals surface area contributed by atoms with Crippen LogP contribution in [-0.4, -0.2) is 82.6 Å². The minimum absolute atomic E-state index is 0.0494. The molecule has 1 amide bonds. The van der Waals surface area contributed by atoms with Crippen LogP contribution in [0.2, 0.25) is 0 Å². The van der Waals surface area contributed by atoms with E-state index in [2.05, 4.69) is 6.58 Å². The van der Waals surface area contributed by atoms with Crippen LogP contribution < -0.4 is 10.6 Å². The molecule has 0 aliphatic heterocycles. The van der Waals surface area contributed by atoms with E-state index in [9.17, 15) is 34.8 Å². The number of hydrogen-bond donors (Lipinski definition) is 5. The maximum absolute atomic E-state index is 13.9. The molecule has 0 bridgehead atoms. The predicted molar refractivity (Wildman–Crippen MR) is 132 cm³/mol. The van der Waals surface area contributed by atoms with E-state index in [0.717, 1.165) is 5.69 Å². The summed E-state index contributed by atoms with van der Waals surface area (Å²) >= 11 is 0. The van der Waals surface area contributed by atoms with Crippen molar-refractivity contribution in [2.75, 3.05) is 33.1 Å². The first-order chi connectivity index (χ1) is 16.8. The van der Waals surface area contributed by atoms with Crippen LogP contribution in [-0.2, 0) is 27.2 Å². The maximum Gasteiger partial charge on any atom is 0.255 e. The molecule has 1 aromatic rings. The van der Waals surface area contributed by atoms with Crippen LogP contribution in [0.3, 0.4) is 0 Å². The molecule has 0 radical (unpaired) electrons. The van der Waals surface area contributed by atoms with Gasteiger partial charge in [-0.1, -0.05) is 6.08 Å². The summed E-state index contributed by atoms with van der Waals surface area (Å²) in [4.78, 5) is 42.4. The number of aromatic hydroxyl groups is 1. The van der Waals surface area contributed by atoms with E-state index in [1.54, 1.807) is 26.2 Å². The number of primary amides is 1. The number of carbonyl (C=O) groups excluding carboxylic acids is 3. The molecule has 0 aromatic heterocycles. The lowest BCUT2D eigenvalue weighted by atomic mass is 9.57. The van der Waals surface area contributed by atoms with Crippen molar-refractivity contribution in [3.05, 3.63) is 52.3 Å². The second-order valence-electron chi connectivity index (χ2n) is 10.1. The van der Waals surface area contributed by atoms with Crippen molar-refractivity contribution >= 4 is 28.9 Å². The Morgan fingerprint density at radius 3 is 2.39 bits per heavy atom. The molecule has 36 heavy (non-hydrogen) atoms. The van der Waals surface area contributed by atoms with E-state index in [-0.39, 0.29) is 29.7 Å². The Morgan fingerprint density at radius 2 is 1.86 bits per heavy atom. The van der Waals surface area contributed by atoms with Gasteiger partial charge in [-0.25, -0.2) is 0 Å². The van der Waals surface area contributed by atoms with Crippen LogP contribution >= 0.6 is 0 Å². The van der Waals surface area contributed by atoms with Gasteiger partial charge >= 0.3 is 0 Å². The fourth-order valence-electron chi connectivity index (χ4n) is 6.06. The molecule has 0 spiro atoms. The number of aliphatic hydroxyl groups excluding tert-OH is 2. The summed E-state index contributed by atoms with van der Waals surface area (Å²) in [6, 6.07) is 0.689. The van der Waals surface area contributed by atoms with Crippen molar-refractivity contribution in [2.45, 2.75) is 30.9 Å². The van der Waals surface area contributed by atoms with E-state index < -0.39 is 58.0 Å². The molecule has 3 aliphatic rings. The molecule has 1 fully saturated rings. The van der Waals surface area contributed by atoms with Gasteiger partial charge in [0.2, 0.25) is 5.78 Å². The van der Waals surface area contributed by atoms with Crippen LogP contribution in [0.15, 0.2) is 35.6 Å². The zero-order valence-corrected chi connectivity index (χ0v) is 20.7. The fourth-order valence-corrected chi connectivity index (χ4v) is 6.06. The standard InChI is InChI=1S/C26H31N3O7/c1-6-7-11-10-15(28(2)3)13-8-12-9-14-19(29(4)5)22(32)18(25(27)35)24(34)26(14,36)23(33)16(12)21(31)17(13)20(11)30/h6,10,12,14,19,30-31,34,36H,1,7-9H2,2-5H3,(H2,27,35)/t12-,14-,19-,26-/m0/s1. The summed E-state index contributed by atoms with van der Waals surface area (Å²) < 4.78 is 0. The number of fused-ring (bicyclic) bond motifs is 3. The van der Waals surface area contributed by atoms with E-state index >= 15 is 0 Å². The smallest absolute Gasteiger partial charge is 0.255 e. The summed E-state index contributed by atoms with van der Waals surface area (Å²) in [6.07, 6.45) is 2.20. The van der Waals surface area contributed by atoms with Crippen LogP contribution in [0.4, 0.5) is 5.69 Å². The predicted octanol–water partition coefficient (Wildman–Crippen LogP) is 0.759. The summed E-state index contributed by atoms with van der Waals surface area (Å²) in [5, 5.41) is 45.0. The minimum Gasteiger partial charge on any atom is -0.508 e. The average molecular weight is 498 g/mol. The second-order valence-corrected chi connectivity index (χ2v) is 10.1. The quantitative estimate of drug-likeness (QED) is 0.292. The number of benzene rings is 1. The largest absolute Gasteiger partial charge is 0.508 e. The fraction of sp³-hybridized carbons (Fsp3) is 0.423. The van der Waals surface area contributed by atoms with Crippen molar-refractivity contribution in [2.24, 2.45) is 17.6 Å². The lowest BCUT2D eigenvalue weighted by Gasteiger charge is -2.50. The van der Waals surface area contributed by atoms with Crippen molar-refractivity contribution < 1.29 is 34.8 Å². The number of likely N-dealkylation sites (N-methyl/N-ethyl adjacent to an activating group) is 1. The third kappa shape index (κ3) is 3.28. The molecule has 1 saturated carbocycles. The highest BCUT2D eigenvalue weighted by Gasteiger charge is 2.64. The Bertz CT molecular complexity index is 1280. The van der Waals surface area contributed by atoms with E-state index in [0.29, 0.717) is 17.5 Å². The third-order valence-electron chi connectivity index (χ3n) is 7.62. The SMILES string of the molecule is C=CCc1cc(N(C)C)c2c(c1O)C(O)=C1C(=O)[C@]3(O)C(O)=C(C(N)=O)C(=O)[C@@H](N(C)C)[C@@H]3C[C@@H]1C2. The molecule has 3 aliphatic carbocycles. The van der Waals surface area contributed by atoms with Crippen LogP contribution in [0, 0.1) is 11.8 Å². The normalized spacial score (nSPS) is 27.6. The third-order valence-corrected chi connectivity index (χ3v) is 7.62. The number of hydrogen-bond acceptors (Lipinski definition) is 9. The lowest BCUT2D eigenvalue weighted by Crippen LogP contribution is -2.65. The van der Waals surface area contributed by atoms with Crippen LogP contribution in [0.1, 0.15) is 23.1 Å². The number of nitrogens with two attached hydrogens (primary N) is 1. The minimum atomic E-state index is -2.65. The van der Waals surface area contributed by atoms with Gasteiger partial charge in [0.1, 0.15) is 22.8 Å². The Labute approximate surface area is 208 Å². The summed E-state index contributed by atoms with van der Waals surface area (Å²) in [5.41, 5.74) is 3.62. The Hall–Kier alpha value is -3.63. The summed E-state index contributed by atoms with van der Waals surface area (Å²) in [7, 11) is 6.77. The molecule has 10 nitrogen and oxygen atoms in total. The highest BCUT2D eigenvalue weighted by molar-refractivity contribution is 6.24. The number of rotatable bonds is 5. The van der Waals surface area contributed by atoms with E-state index in [1.807, 2.05) is 19.0 Å². The first-order valence-electron chi connectivity index (χ1n) is 11.6. The summed E-state index contributed by atoms with van der Waals surface area (Å²) in [5.74, 6) is -6.59. The van der Waals surface area contributed by atoms with Crippen molar-refractivity contribution in [3.8, 4) is 5.75 Å². The molecule has 4 rings (SSSR count). The molecule has 4 atom stereocenters. The highest BCUT2D eigenvalue weighted by atomic mass is 16.3. The number of phenols is 1. The monoisotopic (exact) mass is 497 g/mol. The zero-order chi connectivity index (χ0) is 26.9. The molecule has 0 saturated heterocycles. The number of ketones is 2. The first-order valence-corrected chi connectivity index (χ1v) is 11.6. The van der Waals surface area contributed by atoms with Gasteiger partial charge in [-0.05, 0) is 50.9 Å². The van der Waals surface area contributed by atoms with E-state index in [1.165, 1.54) is 4.90 Å². The number of carbonyl (C=O) groups is 3. The number of anilines is 1. The van der Waals surface area contributed by atoms with Gasteiger partial charge in [-0.2, -0.15) is 0 Å². The Kier molecular flexibility index (Phi) is 6.01. The number of amides is 1. The molecule has 192 valence electrons.